The number of nitrogens with one attached hydrogen (secondary N) is 3. The first-order valence-electron chi connectivity index (χ1n) is 12.6. The Hall–Kier alpha value is -4.41. The highest BCUT2D eigenvalue weighted by molar-refractivity contribution is 6.23. The van der Waals surface area contributed by atoms with Crippen molar-refractivity contribution in [2.24, 2.45) is 0 Å². The molecule has 3 aliphatic rings. The molecule has 1 saturated heterocycles. The van der Waals surface area contributed by atoms with Crippen LogP contribution in [0.5, 0.6) is 11.5 Å². The quantitative estimate of drug-likeness (QED) is 0.476. The molecule has 2 fully saturated rings. The molecule has 2 aromatic rings. The van der Waals surface area contributed by atoms with Gasteiger partial charge >= 0.3 is 6.03 Å². The Morgan fingerprint density at radius 2 is 1.74 bits per heavy atom. The highest BCUT2D eigenvalue weighted by atomic mass is 16.5. The number of imide groups is 2. The molecule has 198 valence electrons. The fourth-order valence-electron chi connectivity index (χ4n) is 5.02. The molecule has 11 nitrogen and oxygen atoms in total. The first-order chi connectivity index (χ1) is 18.3. The standard InChI is InChI=1S/C27H28N4O7/c1-37-21-10-7-16(13-22(21)38-17-4-2-3-5-17)29-27(36)28-14-15-6-8-18-19(12-15)26(35)31(25(18)34)20-9-11-23(32)30-24(20)33/h6-8,10,12-13,17,20H,2-5,9,11,14H2,1H3,(H2,28,29,36)(H,30,32,33). The lowest BCUT2D eigenvalue weighted by Gasteiger charge is -2.27. The number of nitrogens with zero attached hydrogens (tertiary/aromatic N) is 1. The second-order valence-electron chi connectivity index (χ2n) is 9.52. The average molecular weight is 521 g/mol. The number of carbonyl (C=O) groups excluding carboxylic acids is 5. The molecule has 1 unspecified atom stereocenters. The summed E-state index contributed by atoms with van der Waals surface area (Å²) >= 11 is 0. The van der Waals surface area contributed by atoms with Crippen molar-refractivity contribution in [1.82, 2.24) is 15.5 Å². The third-order valence-electron chi connectivity index (χ3n) is 6.97. The van der Waals surface area contributed by atoms with Gasteiger partial charge in [0.05, 0.1) is 24.3 Å². The van der Waals surface area contributed by atoms with Crippen LogP contribution in [0, 0.1) is 0 Å². The van der Waals surface area contributed by atoms with Gasteiger partial charge in [0.25, 0.3) is 11.8 Å². The Kier molecular flexibility index (Phi) is 6.99. The number of benzene rings is 2. The van der Waals surface area contributed by atoms with Gasteiger partial charge in [0.1, 0.15) is 6.04 Å². The van der Waals surface area contributed by atoms with E-state index in [-0.39, 0.29) is 36.6 Å². The molecule has 0 radical (unpaired) electrons. The zero-order valence-electron chi connectivity index (χ0n) is 20.9. The Balaban J connectivity index is 1.21. The smallest absolute Gasteiger partial charge is 0.319 e. The van der Waals surface area contributed by atoms with Crippen LogP contribution < -0.4 is 25.4 Å². The minimum absolute atomic E-state index is 0.0521. The Morgan fingerprint density at radius 3 is 2.47 bits per heavy atom. The number of amides is 6. The van der Waals surface area contributed by atoms with E-state index in [1.807, 2.05) is 0 Å². The van der Waals surface area contributed by atoms with Gasteiger partial charge in [0, 0.05) is 24.7 Å². The highest BCUT2D eigenvalue weighted by Crippen LogP contribution is 2.34. The summed E-state index contributed by atoms with van der Waals surface area (Å²) in [6, 6.07) is 8.35. The number of rotatable bonds is 7. The summed E-state index contributed by atoms with van der Waals surface area (Å²) in [5.74, 6) is -1.11. The van der Waals surface area contributed by atoms with Crippen molar-refractivity contribution in [3.63, 3.8) is 0 Å². The van der Waals surface area contributed by atoms with E-state index in [9.17, 15) is 24.0 Å². The third-order valence-corrected chi connectivity index (χ3v) is 6.97. The Labute approximate surface area is 218 Å². The molecular weight excluding hydrogens is 492 g/mol. The van der Waals surface area contributed by atoms with Crippen molar-refractivity contribution in [2.45, 2.75) is 57.2 Å². The summed E-state index contributed by atoms with van der Waals surface area (Å²) in [4.78, 5) is 63.0. The zero-order valence-corrected chi connectivity index (χ0v) is 20.9. The van der Waals surface area contributed by atoms with Crippen molar-refractivity contribution in [3.05, 3.63) is 53.1 Å². The molecule has 11 heteroatoms. The monoisotopic (exact) mass is 520 g/mol. The first-order valence-corrected chi connectivity index (χ1v) is 12.6. The van der Waals surface area contributed by atoms with Crippen LogP contribution in [0.3, 0.4) is 0 Å². The van der Waals surface area contributed by atoms with Crippen LogP contribution in [-0.4, -0.2) is 53.8 Å². The Morgan fingerprint density at radius 1 is 0.974 bits per heavy atom. The maximum atomic E-state index is 13.0. The lowest BCUT2D eigenvalue weighted by molar-refractivity contribution is -0.136. The largest absolute Gasteiger partial charge is 0.493 e. The molecular formula is C27H28N4O7. The molecule has 2 aliphatic heterocycles. The van der Waals surface area contributed by atoms with Crippen LogP contribution in [0.4, 0.5) is 10.5 Å². The second kappa shape index (κ2) is 10.5. The second-order valence-corrected chi connectivity index (χ2v) is 9.52. The van der Waals surface area contributed by atoms with Crippen LogP contribution >= 0.6 is 0 Å². The van der Waals surface area contributed by atoms with Crippen molar-refractivity contribution in [3.8, 4) is 11.5 Å². The van der Waals surface area contributed by atoms with E-state index in [0.29, 0.717) is 22.7 Å². The van der Waals surface area contributed by atoms with E-state index in [1.54, 1.807) is 31.4 Å². The molecule has 6 amide bonds. The molecule has 2 aromatic carbocycles. The summed E-state index contributed by atoms with van der Waals surface area (Å²) in [5.41, 5.74) is 1.47. The van der Waals surface area contributed by atoms with Crippen molar-refractivity contribution in [1.29, 1.82) is 0 Å². The number of urea groups is 1. The van der Waals surface area contributed by atoms with Crippen LogP contribution in [-0.2, 0) is 16.1 Å². The molecule has 1 atom stereocenters. The molecule has 0 bridgehead atoms. The molecule has 1 saturated carbocycles. The molecule has 3 N–H and O–H groups in total. The summed E-state index contributed by atoms with van der Waals surface area (Å²) in [7, 11) is 1.57. The fraction of sp³-hybridized carbons (Fsp3) is 0.370. The Bertz CT molecular complexity index is 1320. The van der Waals surface area contributed by atoms with Crippen molar-refractivity contribution >= 4 is 35.3 Å². The van der Waals surface area contributed by atoms with Crippen LogP contribution in [0.15, 0.2) is 36.4 Å². The van der Waals surface area contributed by atoms with Crippen molar-refractivity contribution in [2.75, 3.05) is 12.4 Å². The lowest BCUT2D eigenvalue weighted by atomic mass is 10.0. The maximum absolute atomic E-state index is 13.0. The predicted molar refractivity (Wildman–Crippen MR) is 135 cm³/mol. The SMILES string of the molecule is COc1ccc(NC(=O)NCc2ccc3c(c2)C(=O)N(C2CCC(=O)NC2=O)C3=O)cc1OC1CCCC1. The van der Waals surface area contributed by atoms with Gasteiger partial charge in [0.2, 0.25) is 11.8 Å². The number of methoxy groups -OCH3 is 1. The number of ether oxygens (including phenoxy) is 2. The minimum Gasteiger partial charge on any atom is -0.493 e. The van der Waals surface area contributed by atoms with Gasteiger partial charge in [-0.3, -0.25) is 29.4 Å². The number of fused-ring (bicyclic) bond motifs is 1. The van der Waals surface area contributed by atoms with Gasteiger partial charge in [-0.1, -0.05) is 6.07 Å². The van der Waals surface area contributed by atoms with E-state index < -0.39 is 35.7 Å². The van der Waals surface area contributed by atoms with E-state index in [1.165, 1.54) is 12.1 Å². The van der Waals surface area contributed by atoms with Gasteiger partial charge in [-0.05, 0) is 61.9 Å². The van der Waals surface area contributed by atoms with E-state index in [0.717, 1.165) is 30.6 Å². The summed E-state index contributed by atoms with van der Waals surface area (Å²) in [6.07, 6.45) is 4.51. The zero-order chi connectivity index (χ0) is 26.8. The van der Waals surface area contributed by atoms with Gasteiger partial charge in [0.15, 0.2) is 11.5 Å². The van der Waals surface area contributed by atoms with Gasteiger partial charge in [-0.2, -0.15) is 0 Å². The molecule has 0 aromatic heterocycles. The maximum Gasteiger partial charge on any atom is 0.319 e. The molecule has 1 aliphatic carbocycles. The molecule has 5 rings (SSSR count). The number of hydrogen-bond donors (Lipinski definition) is 3. The summed E-state index contributed by atoms with van der Waals surface area (Å²) in [6.45, 7) is 0.0978. The molecule has 2 heterocycles. The normalized spacial score (nSPS) is 19.3. The minimum atomic E-state index is -1.03. The van der Waals surface area contributed by atoms with E-state index in [2.05, 4.69) is 16.0 Å². The number of anilines is 1. The van der Waals surface area contributed by atoms with E-state index in [4.69, 9.17) is 9.47 Å². The topological polar surface area (TPSA) is 143 Å². The lowest BCUT2D eigenvalue weighted by Crippen LogP contribution is -2.54. The van der Waals surface area contributed by atoms with Crippen LogP contribution in [0.1, 0.15) is 64.8 Å². The first kappa shape index (κ1) is 25.2. The fourth-order valence-corrected chi connectivity index (χ4v) is 5.02. The molecule has 38 heavy (non-hydrogen) atoms. The van der Waals surface area contributed by atoms with Gasteiger partial charge in [-0.25, -0.2) is 4.79 Å². The van der Waals surface area contributed by atoms with Crippen LogP contribution in [0.2, 0.25) is 0 Å². The number of carbonyl (C=O) groups is 5. The van der Waals surface area contributed by atoms with Gasteiger partial charge in [-0.15, -0.1) is 0 Å². The van der Waals surface area contributed by atoms with Crippen LogP contribution in [0.25, 0.3) is 0 Å². The summed E-state index contributed by atoms with van der Waals surface area (Å²) in [5, 5.41) is 7.68. The highest BCUT2D eigenvalue weighted by Gasteiger charge is 2.44. The predicted octanol–water partition coefficient (Wildman–Crippen LogP) is 2.74. The van der Waals surface area contributed by atoms with Crippen molar-refractivity contribution < 1.29 is 33.4 Å². The summed E-state index contributed by atoms with van der Waals surface area (Å²) < 4.78 is 11.5. The third kappa shape index (κ3) is 5.04. The number of hydrogen-bond acceptors (Lipinski definition) is 7. The van der Waals surface area contributed by atoms with E-state index >= 15 is 0 Å². The number of piperidine rings is 1. The average Bonchev–Trinajstić information content (AvgIpc) is 3.49. The van der Waals surface area contributed by atoms with Gasteiger partial charge < -0.3 is 20.1 Å². The molecule has 0 spiro atoms.